The molecule has 2 bridgehead atoms. The first-order valence-electron chi connectivity index (χ1n) is 6.87. The van der Waals surface area contributed by atoms with E-state index in [1.807, 2.05) is 0 Å². The van der Waals surface area contributed by atoms with Crippen LogP contribution in [0.1, 0.15) is 40.0 Å². The molecule has 1 N–H and O–H groups in total. The predicted octanol–water partition coefficient (Wildman–Crippen LogP) is 3.19. The van der Waals surface area contributed by atoms with Gasteiger partial charge in [0.05, 0.1) is 0 Å². The third-order valence-electron chi connectivity index (χ3n) is 5.31. The van der Waals surface area contributed by atoms with E-state index in [4.69, 9.17) is 9.84 Å². The minimum atomic E-state index is -0.981. The van der Waals surface area contributed by atoms with E-state index in [0.717, 1.165) is 12.5 Å². The van der Waals surface area contributed by atoms with Crippen molar-refractivity contribution in [3.05, 3.63) is 25.3 Å². The molecule has 2 aliphatic rings. The van der Waals surface area contributed by atoms with Crippen LogP contribution in [0.2, 0.25) is 0 Å². The summed E-state index contributed by atoms with van der Waals surface area (Å²) in [5, 5.41) is 7.60. The van der Waals surface area contributed by atoms with Gasteiger partial charge < -0.3 is 9.84 Å². The highest BCUT2D eigenvalue weighted by Gasteiger charge is 2.62. The van der Waals surface area contributed by atoms with Crippen LogP contribution in [-0.2, 0) is 14.3 Å². The molecule has 20 heavy (non-hydrogen) atoms. The molecule has 0 amide bonds. The second-order valence-electron chi connectivity index (χ2n) is 6.28. The summed E-state index contributed by atoms with van der Waals surface area (Å²) in [5.41, 5.74) is 0.468. The van der Waals surface area contributed by atoms with Crippen molar-refractivity contribution in [3.8, 4) is 0 Å². The van der Waals surface area contributed by atoms with E-state index in [-0.39, 0.29) is 17.5 Å². The van der Waals surface area contributed by atoms with Gasteiger partial charge in [0.2, 0.25) is 0 Å². The summed E-state index contributed by atoms with van der Waals surface area (Å²) in [5.74, 6) is -0.542. The summed E-state index contributed by atoms with van der Waals surface area (Å²) >= 11 is 0. The fraction of sp³-hybridized carbons (Fsp3) is 0.625. The average Bonchev–Trinajstić information content (AvgIpc) is 2.72. The zero-order valence-electron chi connectivity index (χ0n) is 12.5. The lowest BCUT2D eigenvalue weighted by atomic mass is 9.70. The molecule has 3 atom stereocenters. The first-order valence-corrected chi connectivity index (χ1v) is 6.87. The Morgan fingerprint density at radius 3 is 2.10 bits per heavy atom. The van der Waals surface area contributed by atoms with Crippen LogP contribution in [0.25, 0.3) is 0 Å². The molecular weight excluding hydrogens is 256 g/mol. The van der Waals surface area contributed by atoms with Gasteiger partial charge in [-0.25, -0.2) is 9.59 Å². The Hall–Kier alpha value is -1.58. The number of aliphatic carboxylic acids is 1. The Morgan fingerprint density at radius 2 is 1.80 bits per heavy atom. The van der Waals surface area contributed by atoms with Crippen molar-refractivity contribution < 1.29 is 19.4 Å². The number of hydrogen-bond acceptors (Lipinski definition) is 3. The molecule has 4 nitrogen and oxygen atoms in total. The second-order valence-corrected chi connectivity index (χ2v) is 6.28. The molecule has 2 saturated carbocycles. The molecule has 0 radical (unpaired) electrons. The van der Waals surface area contributed by atoms with Crippen molar-refractivity contribution in [3.63, 3.8) is 0 Å². The first kappa shape index (κ1) is 16.5. The Kier molecular flexibility index (Phi) is 4.79. The van der Waals surface area contributed by atoms with Crippen LogP contribution < -0.4 is 0 Å². The van der Waals surface area contributed by atoms with Crippen molar-refractivity contribution in [2.75, 3.05) is 0 Å². The van der Waals surface area contributed by atoms with Crippen molar-refractivity contribution in [1.82, 2.24) is 0 Å². The highest BCUT2D eigenvalue weighted by Crippen LogP contribution is 2.66. The van der Waals surface area contributed by atoms with Crippen LogP contribution in [0.4, 0.5) is 0 Å². The average molecular weight is 280 g/mol. The fourth-order valence-electron chi connectivity index (χ4n) is 3.50. The lowest BCUT2D eigenvalue weighted by Gasteiger charge is -2.38. The van der Waals surface area contributed by atoms with Crippen LogP contribution in [-0.4, -0.2) is 23.1 Å². The molecule has 4 heteroatoms. The van der Waals surface area contributed by atoms with Crippen LogP contribution in [0.15, 0.2) is 25.3 Å². The van der Waals surface area contributed by atoms with Gasteiger partial charge in [0.1, 0.15) is 6.10 Å². The molecular formula is C16H24O4. The number of carboxylic acids is 1. The number of fused-ring (bicyclic) bond motifs is 2. The highest BCUT2D eigenvalue weighted by molar-refractivity contribution is 5.81. The Labute approximate surface area is 120 Å². The maximum atomic E-state index is 11.3. The number of carbonyl (C=O) groups is 2. The number of esters is 1. The smallest absolute Gasteiger partial charge is 0.330 e. The van der Waals surface area contributed by atoms with Crippen molar-refractivity contribution >= 4 is 11.9 Å². The fourth-order valence-corrected chi connectivity index (χ4v) is 3.50. The van der Waals surface area contributed by atoms with Crippen molar-refractivity contribution in [2.45, 2.75) is 46.1 Å². The molecule has 2 fully saturated rings. The number of carboxylic acid groups (broad SMARTS) is 1. The van der Waals surface area contributed by atoms with E-state index in [1.54, 1.807) is 0 Å². The van der Waals surface area contributed by atoms with E-state index >= 15 is 0 Å². The Balaban J connectivity index is 0.000000347. The predicted molar refractivity (Wildman–Crippen MR) is 77.1 cm³/mol. The molecule has 2 aliphatic carbocycles. The Morgan fingerprint density at radius 1 is 1.25 bits per heavy atom. The summed E-state index contributed by atoms with van der Waals surface area (Å²) in [6.07, 6.45) is 5.69. The topological polar surface area (TPSA) is 63.6 Å². The number of rotatable bonds is 3. The number of ether oxygens (including phenoxy) is 1. The van der Waals surface area contributed by atoms with Crippen molar-refractivity contribution in [2.24, 2.45) is 16.7 Å². The lowest BCUT2D eigenvalue weighted by molar-refractivity contribution is -0.150. The van der Waals surface area contributed by atoms with Crippen LogP contribution in [0.3, 0.4) is 0 Å². The number of hydrogen-bond donors (Lipinski definition) is 1. The Bertz CT molecular complexity index is 424. The van der Waals surface area contributed by atoms with Gasteiger partial charge in [0.15, 0.2) is 0 Å². The summed E-state index contributed by atoms with van der Waals surface area (Å²) in [6, 6.07) is 0. The third-order valence-corrected chi connectivity index (χ3v) is 5.31. The molecule has 0 aromatic heterocycles. The SMILES string of the molecule is C=CC(=O)O.C=CC(=O)O[C@H]1C[C@@H]2CC[C@@]1(C)C2(C)C. The van der Waals surface area contributed by atoms with Gasteiger partial charge in [-0.2, -0.15) is 0 Å². The minimum Gasteiger partial charge on any atom is -0.478 e. The van der Waals surface area contributed by atoms with Crippen LogP contribution in [0.5, 0.6) is 0 Å². The normalized spacial score (nSPS) is 32.8. The molecule has 0 saturated heterocycles. The zero-order valence-corrected chi connectivity index (χ0v) is 12.5. The highest BCUT2D eigenvalue weighted by atomic mass is 16.5. The zero-order chi connectivity index (χ0) is 15.6. The van der Waals surface area contributed by atoms with Gasteiger partial charge >= 0.3 is 11.9 Å². The first-order chi connectivity index (χ1) is 9.18. The maximum Gasteiger partial charge on any atom is 0.330 e. The van der Waals surface area contributed by atoms with Gasteiger partial charge in [-0.3, -0.25) is 0 Å². The van der Waals surface area contributed by atoms with E-state index < -0.39 is 5.97 Å². The summed E-state index contributed by atoms with van der Waals surface area (Å²) in [4.78, 5) is 20.5. The second kappa shape index (κ2) is 5.81. The summed E-state index contributed by atoms with van der Waals surface area (Å²) in [6.45, 7) is 13.3. The van der Waals surface area contributed by atoms with E-state index in [1.165, 1.54) is 18.9 Å². The van der Waals surface area contributed by atoms with Crippen LogP contribution >= 0.6 is 0 Å². The maximum absolute atomic E-state index is 11.3. The summed E-state index contributed by atoms with van der Waals surface area (Å²) in [7, 11) is 0. The van der Waals surface area contributed by atoms with Gasteiger partial charge in [0.25, 0.3) is 0 Å². The van der Waals surface area contributed by atoms with Gasteiger partial charge in [-0.1, -0.05) is 33.9 Å². The monoisotopic (exact) mass is 280 g/mol. The van der Waals surface area contributed by atoms with Crippen LogP contribution in [0, 0.1) is 16.7 Å². The molecule has 0 aromatic carbocycles. The molecule has 112 valence electrons. The lowest BCUT2D eigenvalue weighted by Crippen LogP contribution is -2.38. The van der Waals surface area contributed by atoms with E-state index in [2.05, 4.69) is 33.9 Å². The third kappa shape index (κ3) is 2.79. The molecule has 0 aliphatic heterocycles. The molecule has 0 spiro atoms. The molecule has 0 heterocycles. The van der Waals surface area contributed by atoms with Gasteiger partial charge in [0, 0.05) is 17.6 Å². The molecule has 0 unspecified atom stereocenters. The number of carbonyl (C=O) groups excluding carboxylic acids is 1. The standard InChI is InChI=1S/C13H20O2.C3H4O2/c1-5-11(14)15-10-8-9-6-7-13(10,4)12(9,2)3;1-2-3(4)5/h5,9-10H,1,6-8H2,2-4H3;2H,1H2,(H,4,5)/t9-,10-,13+;/m0./s1. The quantitative estimate of drug-likeness (QED) is 0.637. The van der Waals surface area contributed by atoms with Gasteiger partial charge in [-0.15, -0.1) is 0 Å². The van der Waals surface area contributed by atoms with Crippen molar-refractivity contribution in [1.29, 1.82) is 0 Å². The molecule has 2 rings (SSSR count). The minimum absolute atomic E-state index is 0.0942. The van der Waals surface area contributed by atoms with E-state index in [9.17, 15) is 9.59 Å². The van der Waals surface area contributed by atoms with E-state index in [0.29, 0.717) is 11.3 Å². The van der Waals surface area contributed by atoms with Gasteiger partial charge in [-0.05, 0) is 30.6 Å². The largest absolute Gasteiger partial charge is 0.478 e. The summed E-state index contributed by atoms with van der Waals surface area (Å²) < 4.78 is 5.48. The molecule has 0 aromatic rings.